The number of para-hydroxylation sites is 1. The van der Waals surface area contributed by atoms with Crippen LogP contribution in [0.15, 0.2) is 24.3 Å². The summed E-state index contributed by atoms with van der Waals surface area (Å²) in [6.45, 7) is 0. The largest absolute Gasteiger partial charge is 0.366 e. The lowest BCUT2D eigenvalue weighted by molar-refractivity contribution is -0.113. The number of nitrogens with two attached hydrogens (primary N) is 1. The highest BCUT2D eigenvalue weighted by molar-refractivity contribution is 6.29. The number of halogens is 1. The van der Waals surface area contributed by atoms with E-state index < -0.39 is 5.91 Å². The van der Waals surface area contributed by atoms with E-state index in [4.69, 9.17) is 17.3 Å². The van der Waals surface area contributed by atoms with Crippen LogP contribution in [0.3, 0.4) is 0 Å². The standard InChI is InChI=1S/C9H9ClN2O2/c10-5-8(13)12-7-4-2-1-3-6(7)9(11)14/h1-4H,5H2,(H2,11,14)(H,12,13). The molecule has 14 heavy (non-hydrogen) atoms. The minimum atomic E-state index is -0.588. The van der Waals surface area contributed by atoms with Gasteiger partial charge in [-0.15, -0.1) is 11.6 Å². The van der Waals surface area contributed by atoms with Crippen LogP contribution in [0.25, 0.3) is 0 Å². The van der Waals surface area contributed by atoms with Crippen LogP contribution in [-0.4, -0.2) is 17.7 Å². The number of nitrogens with one attached hydrogen (secondary N) is 1. The number of benzene rings is 1. The van der Waals surface area contributed by atoms with Gasteiger partial charge < -0.3 is 11.1 Å². The number of carbonyl (C=O) groups is 2. The highest BCUT2D eigenvalue weighted by Gasteiger charge is 2.08. The van der Waals surface area contributed by atoms with Gasteiger partial charge in [0.2, 0.25) is 5.91 Å². The summed E-state index contributed by atoms with van der Waals surface area (Å²) < 4.78 is 0. The molecule has 0 aliphatic rings. The molecule has 0 saturated heterocycles. The van der Waals surface area contributed by atoms with Gasteiger partial charge in [0.1, 0.15) is 5.88 Å². The monoisotopic (exact) mass is 212 g/mol. The molecule has 0 heterocycles. The minimum Gasteiger partial charge on any atom is -0.366 e. The second-order valence-corrected chi connectivity index (χ2v) is 2.86. The van der Waals surface area contributed by atoms with E-state index in [0.29, 0.717) is 5.69 Å². The molecule has 5 heteroatoms. The van der Waals surface area contributed by atoms with Crippen molar-refractivity contribution in [2.45, 2.75) is 0 Å². The Labute approximate surface area is 86.0 Å². The van der Waals surface area contributed by atoms with Crippen molar-refractivity contribution in [2.24, 2.45) is 5.73 Å². The van der Waals surface area contributed by atoms with E-state index in [2.05, 4.69) is 5.32 Å². The average Bonchev–Trinajstić information content (AvgIpc) is 2.18. The Morgan fingerprint density at radius 1 is 1.36 bits per heavy atom. The summed E-state index contributed by atoms with van der Waals surface area (Å²) >= 11 is 5.31. The smallest absolute Gasteiger partial charge is 0.250 e. The first-order valence-corrected chi connectivity index (χ1v) is 4.43. The molecule has 1 aromatic carbocycles. The van der Waals surface area contributed by atoms with E-state index in [1.54, 1.807) is 18.2 Å². The topological polar surface area (TPSA) is 72.2 Å². The Balaban J connectivity index is 2.95. The number of hydrogen-bond acceptors (Lipinski definition) is 2. The van der Waals surface area contributed by atoms with Gasteiger partial charge in [-0.05, 0) is 12.1 Å². The highest BCUT2D eigenvalue weighted by Crippen LogP contribution is 2.13. The Hall–Kier alpha value is -1.55. The van der Waals surface area contributed by atoms with E-state index in [1.807, 2.05) is 0 Å². The van der Waals surface area contributed by atoms with Crippen molar-refractivity contribution in [3.05, 3.63) is 29.8 Å². The summed E-state index contributed by atoms with van der Waals surface area (Å²) in [6, 6.07) is 6.48. The fraction of sp³-hybridized carbons (Fsp3) is 0.111. The van der Waals surface area contributed by atoms with E-state index in [1.165, 1.54) is 6.07 Å². The maximum absolute atomic E-state index is 11.0. The molecule has 4 nitrogen and oxygen atoms in total. The Bertz CT molecular complexity index is 366. The molecule has 0 fully saturated rings. The number of primary amides is 1. The van der Waals surface area contributed by atoms with Gasteiger partial charge in [-0.25, -0.2) is 0 Å². The normalized spacial score (nSPS) is 9.50. The van der Waals surface area contributed by atoms with Crippen LogP contribution < -0.4 is 11.1 Å². The second kappa shape index (κ2) is 4.62. The van der Waals surface area contributed by atoms with Gasteiger partial charge in [0.05, 0.1) is 11.3 Å². The van der Waals surface area contributed by atoms with Crippen molar-refractivity contribution in [3.8, 4) is 0 Å². The zero-order valence-corrected chi connectivity index (χ0v) is 8.04. The average molecular weight is 213 g/mol. The molecule has 2 amide bonds. The molecule has 0 radical (unpaired) electrons. The maximum Gasteiger partial charge on any atom is 0.250 e. The lowest BCUT2D eigenvalue weighted by Gasteiger charge is -2.06. The number of hydrogen-bond donors (Lipinski definition) is 2. The maximum atomic E-state index is 11.0. The van der Waals surface area contributed by atoms with E-state index in [0.717, 1.165) is 0 Å². The second-order valence-electron chi connectivity index (χ2n) is 2.59. The quantitative estimate of drug-likeness (QED) is 0.733. The highest BCUT2D eigenvalue weighted by atomic mass is 35.5. The number of alkyl halides is 1. The van der Waals surface area contributed by atoms with Gasteiger partial charge in [0.25, 0.3) is 5.91 Å². The third kappa shape index (κ3) is 2.47. The van der Waals surface area contributed by atoms with Crippen LogP contribution in [0.1, 0.15) is 10.4 Å². The first-order chi connectivity index (χ1) is 6.65. The lowest BCUT2D eigenvalue weighted by atomic mass is 10.1. The van der Waals surface area contributed by atoms with E-state index in [-0.39, 0.29) is 17.4 Å². The summed E-state index contributed by atoms with van der Waals surface area (Å²) in [6.07, 6.45) is 0. The molecular weight excluding hydrogens is 204 g/mol. The van der Waals surface area contributed by atoms with Gasteiger partial charge in [0, 0.05) is 0 Å². The van der Waals surface area contributed by atoms with Crippen molar-refractivity contribution in [3.63, 3.8) is 0 Å². The number of carbonyl (C=O) groups excluding carboxylic acids is 2. The van der Waals surface area contributed by atoms with Crippen molar-refractivity contribution in [1.29, 1.82) is 0 Å². The van der Waals surface area contributed by atoms with Crippen LogP contribution in [0.4, 0.5) is 5.69 Å². The van der Waals surface area contributed by atoms with Crippen molar-refractivity contribution in [2.75, 3.05) is 11.2 Å². The van der Waals surface area contributed by atoms with Crippen molar-refractivity contribution in [1.82, 2.24) is 0 Å². The summed E-state index contributed by atoms with van der Waals surface area (Å²) in [5, 5.41) is 2.47. The van der Waals surface area contributed by atoms with Crippen molar-refractivity contribution >= 4 is 29.1 Å². The summed E-state index contributed by atoms with van der Waals surface area (Å²) in [5.41, 5.74) is 5.76. The molecule has 3 N–H and O–H groups in total. The third-order valence-electron chi connectivity index (χ3n) is 1.59. The van der Waals surface area contributed by atoms with Gasteiger partial charge in [-0.2, -0.15) is 0 Å². The molecule has 1 rings (SSSR count). The molecule has 0 atom stereocenters. The van der Waals surface area contributed by atoms with Crippen LogP contribution in [0.2, 0.25) is 0 Å². The molecule has 0 unspecified atom stereocenters. The van der Waals surface area contributed by atoms with Gasteiger partial charge in [0.15, 0.2) is 0 Å². The lowest BCUT2D eigenvalue weighted by Crippen LogP contribution is -2.18. The molecule has 0 aliphatic heterocycles. The molecule has 0 aliphatic carbocycles. The number of amides is 2. The summed E-state index contributed by atoms with van der Waals surface area (Å²) in [5.74, 6) is -1.12. The summed E-state index contributed by atoms with van der Waals surface area (Å²) in [4.78, 5) is 21.9. The predicted molar refractivity (Wildman–Crippen MR) is 54.3 cm³/mol. The zero-order valence-electron chi connectivity index (χ0n) is 7.29. The van der Waals surface area contributed by atoms with Gasteiger partial charge in [-0.3, -0.25) is 9.59 Å². The Kier molecular flexibility index (Phi) is 3.48. The van der Waals surface area contributed by atoms with Crippen LogP contribution >= 0.6 is 11.6 Å². The van der Waals surface area contributed by atoms with Crippen LogP contribution in [0.5, 0.6) is 0 Å². The Morgan fingerprint density at radius 3 is 2.57 bits per heavy atom. The van der Waals surface area contributed by atoms with Gasteiger partial charge in [-0.1, -0.05) is 12.1 Å². The first-order valence-electron chi connectivity index (χ1n) is 3.90. The van der Waals surface area contributed by atoms with Crippen molar-refractivity contribution < 1.29 is 9.59 Å². The first kappa shape index (κ1) is 10.5. The molecule has 0 spiro atoms. The third-order valence-corrected chi connectivity index (χ3v) is 1.83. The molecule has 0 aromatic heterocycles. The predicted octanol–water partition coefficient (Wildman–Crippen LogP) is 0.963. The Morgan fingerprint density at radius 2 is 2.00 bits per heavy atom. The fourth-order valence-electron chi connectivity index (χ4n) is 0.991. The van der Waals surface area contributed by atoms with Crippen LogP contribution in [-0.2, 0) is 4.79 Å². The number of rotatable bonds is 3. The van der Waals surface area contributed by atoms with Crippen LogP contribution in [0, 0.1) is 0 Å². The fourth-order valence-corrected chi connectivity index (χ4v) is 1.06. The summed E-state index contributed by atoms with van der Waals surface area (Å²) in [7, 11) is 0. The molecular formula is C9H9ClN2O2. The SMILES string of the molecule is NC(=O)c1ccccc1NC(=O)CCl. The minimum absolute atomic E-state index is 0.160. The zero-order chi connectivity index (χ0) is 10.6. The van der Waals surface area contributed by atoms with E-state index >= 15 is 0 Å². The van der Waals surface area contributed by atoms with Gasteiger partial charge >= 0.3 is 0 Å². The molecule has 0 bridgehead atoms. The van der Waals surface area contributed by atoms with E-state index in [9.17, 15) is 9.59 Å². The number of anilines is 1. The molecule has 0 saturated carbocycles. The molecule has 1 aromatic rings. The molecule has 74 valence electrons.